The van der Waals surface area contributed by atoms with Crippen molar-refractivity contribution < 1.29 is 18.4 Å². The van der Waals surface area contributed by atoms with Crippen molar-refractivity contribution in [3.8, 4) is 0 Å². The van der Waals surface area contributed by atoms with Gasteiger partial charge in [0.15, 0.2) is 0 Å². The topological polar surface area (TPSA) is 62.6 Å². The summed E-state index contributed by atoms with van der Waals surface area (Å²) in [4.78, 5) is 29.3. The minimum atomic E-state index is -0.952. The third-order valence-corrected chi connectivity index (χ3v) is 6.06. The van der Waals surface area contributed by atoms with E-state index >= 15 is 0 Å². The van der Waals surface area contributed by atoms with Gasteiger partial charge in [0, 0.05) is 11.4 Å². The first kappa shape index (κ1) is 22.5. The molecule has 2 heterocycles. The van der Waals surface area contributed by atoms with Crippen LogP contribution in [0.4, 0.5) is 4.39 Å². The molecule has 1 N–H and O–H groups in total. The van der Waals surface area contributed by atoms with E-state index in [9.17, 15) is 14.0 Å². The Morgan fingerprint density at radius 2 is 1.76 bits per heavy atom. The highest BCUT2D eigenvalue weighted by atomic mass is 32.1. The Morgan fingerprint density at radius 3 is 2.42 bits per heavy atom. The maximum absolute atomic E-state index is 13.6. The first-order valence-corrected chi connectivity index (χ1v) is 11.4. The molecule has 0 aliphatic carbocycles. The summed E-state index contributed by atoms with van der Waals surface area (Å²) < 4.78 is 19.1. The van der Waals surface area contributed by atoms with Crippen molar-refractivity contribution in [1.82, 2.24) is 10.2 Å². The van der Waals surface area contributed by atoms with Crippen molar-refractivity contribution in [2.24, 2.45) is 0 Å². The summed E-state index contributed by atoms with van der Waals surface area (Å²) >= 11 is 1.48. The molecule has 0 unspecified atom stereocenters. The molecule has 2 amide bonds. The van der Waals surface area contributed by atoms with Crippen LogP contribution in [-0.4, -0.2) is 16.7 Å². The summed E-state index contributed by atoms with van der Waals surface area (Å²) in [7, 11) is 0. The van der Waals surface area contributed by atoms with Gasteiger partial charge in [-0.3, -0.25) is 9.59 Å². The highest BCUT2D eigenvalue weighted by Gasteiger charge is 2.32. The summed E-state index contributed by atoms with van der Waals surface area (Å²) in [5.74, 6) is -0.434. The van der Waals surface area contributed by atoms with Crippen molar-refractivity contribution in [2.45, 2.75) is 25.6 Å². The van der Waals surface area contributed by atoms with Crippen LogP contribution in [0.1, 0.15) is 27.8 Å². The molecule has 2 aromatic carbocycles. The Kier molecular flexibility index (Phi) is 7.32. The van der Waals surface area contributed by atoms with Gasteiger partial charge >= 0.3 is 0 Å². The van der Waals surface area contributed by atoms with E-state index in [2.05, 4.69) is 5.32 Å². The third kappa shape index (κ3) is 5.96. The van der Waals surface area contributed by atoms with Crippen LogP contribution >= 0.6 is 11.3 Å². The molecule has 5 nitrogen and oxygen atoms in total. The molecule has 0 aliphatic heterocycles. The normalized spacial score (nSPS) is 11.7. The quantitative estimate of drug-likeness (QED) is 0.376. The van der Waals surface area contributed by atoms with Crippen molar-refractivity contribution >= 4 is 23.2 Å². The summed E-state index contributed by atoms with van der Waals surface area (Å²) in [6.45, 7) is 0.420. The number of hydrogen-bond donors (Lipinski definition) is 1. The van der Waals surface area contributed by atoms with Crippen molar-refractivity contribution in [3.63, 3.8) is 0 Å². The summed E-state index contributed by atoms with van der Waals surface area (Å²) in [6, 6.07) is 21.5. The molecular formula is C26H23FN2O3S. The van der Waals surface area contributed by atoms with Crippen LogP contribution in [0.5, 0.6) is 0 Å². The van der Waals surface area contributed by atoms with Gasteiger partial charge in [-0.15, -0.1) is 11.3 Å². The van der Waals surface area contributed by atoms with Crippen LogP contribution in [0.25, 0.3) is 0 Å². The van der Waals surface area contributed by atoms with Crippen LogP contribution in [-0.2, 0) is 29.1 Å². The molecule has 168 valence electrons. The average Bonchev–Trinajstić information content (AvgIpc) is 3.53. The molecule has 33 heavy (non-hydrogen) atoms. The van der Waals surface area contributed by atoms with E-state index in [1.807, 2.05) is 47.8 Å². The van der Waals surface area contributed by atoms with E-state index < -0.39 is 11.9 Å². The fourth-order valence-corrected chi connectivity index (χ4v) is 4.25. The molecule has 1 atom stereocenters. The number of benzene rings is 2. The van der Waals surface area contributed by atoms with Gasteiger partial charge in [-0.25, -0.2) is 4.39 Å². The summed E-state index contributed by atoms with van der Waals surface area (Å²) in [5.41, 5.74) is 1.46. The first-order valence-electron chi connectivity index (χ1n) is 10.5. The SMILES string of the molecule is O=C(NCc1ccccc1)[C@@H](c1ccc(F)cc1)N(Cc1ccco1)C(=O)Cc1cccs1. The maximum Gasteiger partial charge on any atom is 0.247 e. The number of carbonyl (C=O) groups excluding carboxylic acids is 2. The molecule has 7 heteroatoms. The minimum Gasteiger partial charge on any atom is -0.467 e. The number of halogens is 1. The predicted molar refractivity (Wildman–Crippen MR) is 125 cm³/mol. The molecule has 0 saturated heterocycles. The van der Waals surface area contributed by atoms with Crippen LogP contribution in [0, 0.1) is 5.82 Å². The number of thiophene rings is 1. The number of hydrogen-bond acceptors (Lipinski definition) is 4. The van der Waals surface area contributed by atoms with Crippen molar-refractivity contribution in [2.75, 3.05) is 0 Å². The molecule has 0 saturated carbocycles. The lowest BCUT2D eigenvalue weighted by Crippen LogP contribution is -2.43. The summed E-state index contributed by atoms with van der Waals surface area (Å²) in [5, 5.41) is 4.84. The molecule has 0 aliphatic rings. The maximum atomic E-state index is 13.6. The molecule has 2 aromatic heterocycles. The molecular weight excluding hydrogens is 439 g/mol. The van der Waals surface area contributed by atoms with Gasteiger partial charge < -0.3 is 14.6 Å². The Labute approximate surface area is 195 Å². The minimum absolute atomic E-state index is 0.109. The van der Waals surface area contributed by atoms with Gasteiger partial charge in [0.05, 0.1) is 19.2 Å². The molecule has 0 radical (unpaired) electrons. The zero-order chi connectivity index (χ0) is 23.0. The van der Waals surface area contributed by atoms with Gasteiger partial charge in [-0.2, -0.15) is 0 Å². The van der Waals surface area contributed by atoms with Gasteiger partial charge in [0.25, 0.3) is 0 Å². The van der Waals surface area contributed by atoms with Gasteiger partial charge in [0.1, 0.15) is 17.6 Å². The first-order chi connectivity index (χ1) is 16.1. The van der Waals surface area contributed by atoms with E-state index in [1.165, 1.54) is 46.8 Å². The number of rotatable bonds is 9. The third-order valence-electron chi connectivity index (χ3n) is 5.19. The standard InChI is InChI=1S/C26H23FN2O3S/c27-21-12-10-20(11-13-21)25(26(31)28-17-19-6-2-1-3-7-19)29(18-22-8-4-14-32-22)24(30)16-23-9-5-15-33-23/h1-15,25H,16-18H2,(H,28,31)/t25-/m1/s1. The van der Waals surface area contributed by atoms with Crippen LogP contribution in [0.3, 0.4) is 0 Å². The molecule has 0 bridgehead atoms. The number of carbonyl (C=O) groups is 2. The Morgan fingerprint density at radius 1 is 0.970 bits per heavy atom. The van der Waals surface area contributed by atoms with Crippen LogP contribution in [0.15, 0.2) is 94.9 Å². The second-order valence-corrected chi connectivity index (χ2v) is 8.55. The van der Waals surface area contributed by atoms with E-state index in [0.29, 0.717) is 17.9 Å². The lowest BCUT2D eigenvalue weighted by molar-refractivity contribution is -0.141. The van der Waals surface area contributed by atoms with Gasteiger partial charge in [-0.1, -0.05) is 48.5 Å². The van der Waals surface area contributed by atoms with Crippen molar-refractivity contribution in [3.05, 3.63) is 118 Å². The van der Waals surface area contributed by atoms with E-state index in [4.69, 9.17) is 4.42 Å². The number of nitrogens with zero attached hydrogens (tertiary/aromatic N) is 1. The fourth-order valence-electron chi connectivity index (χ4n) is 3.56. The average molecular weight is 463 g/mol. The van der Waals surface area contributed by atoms with E-state index in [-0.39, 0.29) is 24.8 Å². The zero-order valence-corrected chi connectivity index (χ0v) is 18.6. The summed E-state index contributed by atoms with van der Waals surface area (Å²) in [6.07, 6.45) is 1.68. The Balaban J connectivity index is 1.65. The molecule has 4 aromatic rings. The second-order valence-electron chi connectivity index (χ2n) is 7.51. The zero-order valence-electron chi connectivity index (χ0n) is 17.8. The van der Waals surface area contributed by atoms with E-state index in [1.54, 1.807) is 12.1 Å². The number of nitrogens with one attached hydrogen (secondary N) is 1. The number of furan rings is 1. The van der Waals surface area contributed by atoms with Crippen LogP contribution < -0.4 is 5.32 Å². The van der Waals surface area contributed by atoms with Gasteiger partial charge in [-0.05, 0) is 46.8 Å². The monoisotopic (exact) mass is 462 g/mol. The Hall–Kier alpha value is -3.71. The number of amides is 2. The van der Waals surface area contributed by atoms with E-state index in [0.717, 1.165) is 10.4 Å². The second kappa shape index (κ2) is 10.7. The molecule has 4 rings (SSSR count). The largest absolute Gasteiger partial charge is 0.467 e. The predicted octanol–water partition coefficient (Wildman–Crippen LogP) is 5.11. The fraction of sp³-hybridized carbons (Fsp3) is 0.154. The molecule has 0 fully saturated rings. The lowest BCUT2D eigenvalue weighted by atomic mass is 10.0. The van der Waals surface area contributed by atoms with Crippen molar-refractivity contribution in [1.29, 1.82) is 0 Å². The smallest absolute Gasteiger partial charge is 0.247 e. The van der Waals surface area contributed by atoms with Crippen LogP contribution in [0.2, 0.25) is 0 Å². The molecule has 0 spiro atoms. The highest BCUT2D eigenvalue weighted by molar-refractivity contribution is 7.10. The lowest BCUT2D eigenvalue weighted by Gasteiger charge is -2.31. The Bertz CT molecular complexity index is 1160. The highest BCUT2D eigenvalue weighted by Crippen LogP contribution is 2.26. The van der Waals surface area contributed by atoms with Gasteiger partial charge in [0.2, 0.25) is 11.8 Å².